The summed E-state index contributed by atoms with van der Waals surface area (Å²) in [5.74, 6) is -2.06. The van der Waals surface area contributed by atoms with Gasteiger partial charge < -0.3 is 10.4 Å². The zero-order valence-corrected chi connectivity index (χ0v) is 13.8. The Bertz CT molecular complexity index is 716. The monoisotopic (exact) mass is 337 g/mol. The van der Waals surface area contributed by atoms with Gasteiger partial charge in [0.25, 0.3) is 5.91 Å². The first-order valence-corrected chi connectivity index (χ1v) is 7.76. The maximum atomic E-state index is 13.2. The molecule has 2 aromatic rings. The van der Waals surface area contributed by atoms with Crippen LogP contribution in [-0.2, 0) is 6.42 Å². The van der Waals surface area contributed by atoms with Gasteiger partial charge in [0, 0.05) is 5.69 Å². The Morgan fingerprint density at radius 2 is 1.96 bits per heavy atom. The van der Waals surface area contributed by atoms with Crippen molar-refractivity contribution in [2.24, 2.45) is 5.92 Å². The van der Waals surface area contributed by atoms with Crippen LogP contribution in [-0.4, -0.2) is 27.3 Å². The average molecular weight is 337 g/mol. The quantitative estimate of drug-likeness (QED) is 0.758. The van der Waals surface area contributed by atoms with Gasteiger partial charge in [-0.2, -0.15) is 5.10 Å². The minimum Gasteiger partial charge on any atom is -0.386 e. The standard InChI is InChI=1S/C17H21F2N3O2/c1-9(2)6-12-8-15(22-21-12)17(24)20-10(3)16(23)11-4-5-13(18)14(19)7-11/h4-5,7-10,16,23H,6H2,1-3H3,(H,20,24)(H,21,22). The zero-order chi connectivity index (χ0) is 17.9. The van der Waals surface area contributed by atoms with Gasteiger partial charge in [0.1, 0.15) is 5.69 Å². The second-order valence-corrected chi connectivity index (χ2v) is 6.26. The van der Waals surface area contributed by atoms with Gasteiger partial charge >= 0.3 is 0 Å². The van der Waals surface area contributed by atoms with Crippen molar-refractivity contribution < 1.29 is 18.7 Å². The van der Waals surface area contributed by atoms with Crippen molar-refractivity contribution in [3.8, 4) is 0 Å². The highest BCUT2D eigenvalue weighted by atomic mass is 19.2. The van der Waals surface area contributed by atoms with Crippen LogP contribution in [0, 0.1) is 17.6 Å². The van der Waals surface area contributed by atoms with E-state index in [1.807, 2.05) is 0 Å². The first kappa shape index (κ1) is 18.1. The molecule has 24 heavy (non-hydrogen) atoms. The Balaban J connectivity index is 2.02. The molecule has 2 rings (SSSR count). The van der Waals surface area contributed by atoms with Gasteiger partial charge in [0.05, 0.1) is 12.1 Å². The molecule has 3 N–H and O–H groups in total. The summed E-state index contributed by atoms with van der Waals surface area (Å²) in [4.78, 5) is 12.2. The molecule has 5 nitrogen and oxygen atoms in total. The van der Waals surface area contributed by atoms with Gasteiger partial charge in [-0.3, -0.25) is 9.89 Å². The summed E-state index contributed by atoms with van der Waals surface area (Å²) >= 11 is 0. The molecule has 0 radical (unpaired) electrons. The number of nitrogens with one attached hydrogen (secondary N) is 2. The Morgan fingerprint density at radius 1 is 1.25 bits per heavy atom. The number of nitrogens with zero attached hydrogens (tertiary/aromatic N) is 1. The maximum Gasteiger partial charge on any atom is 0.272 e. The molecule has 7 heteroatoms. The van der Waals surface area contributed by atoms with E-state index in [1.165, 1.54) is 6.07 Å². The largest absolute Gasteiger partial charge is 0.386 e. The van der Waals surface area contributed by atoms with E-state index in [4.69, 9.17) is 0 Å². The molecule has 1 aromatic carbocycles. The van der Waals surface area contributed by atoms with Crippen LogP contribution >= 0.6 is 0 Å². The van der Waals surface area contributed by atoms with Crippen molar-refractivity contribution >= 4 is 5.91 Å². The van der Waals surface area contributed by atoms with Gasteiger partial charge in [-0.1, -0.05) is 19.9 Å². The van der Waals surface area contributed by atoms with Gasteiger partial charge in [-0.25, -0.2) is 8.78 Å². The maximum absolute atomic E-state index is 13.2. The van der Waals surface area contributed by atoms with Gasteiger partial charge in [-0.05, 0) is 43.0 Å². The number of carbonyl (C=O) groups is 1. The number of aliphatic hydroxyl groups is 1. The first-order valence-electron chi connectivity index (χ1n) is 7.76. The van der Waals surface area contributed by atoms with Crippen LogP contribution in [0.3, 0.4) is 0 Å². The van der Waals surface area contributed by atoms with Crippen LogP contribution in [0.25, 0.3) is 0 Å². The molecule has 1 amide bonds. The summed E-state index contributed by atoms with van der Waals surface area (Å²) in [6.45, 7) is 5.69. The molecule has 1 aromatic heterocycles. The lowest BCUT2D eigenvalue weighted by molar-refractivity contribution is 0.0846. The fourth-order valence-electron chi connectivity index (χ4n) is 2.37. The van der Waals surface area contributed by atoms with Crippen molar-refractivity contribution in [1.29, 1.82) is 0 Å². The number of hydrogen-bond donors (Lipinski definition) is 3. The first-order chi connectivity index (χ1) is 11.3. The Kier molecular flexibility index (Phi) is 5.66. The minimum atomic E-state index is -1.17. The van der Waals surface area contributed by atoms with Crippen molar-refractivity contribution in [2.75, 3.05) is 0 Å². The zero-order valence-electron chi connectivity index (χ0n) is 13.8. The van der Waals surface area contributed by atoms with E-state index in [-0.39, 0.29) is 11.3 Å². The lowest BCUT2D eigenvalue weighted by atomic mass is 10.0. The number of hydrogen-bond acceptors (Lipinski definition) is 3. The minimum absolute atomic E-state index is 0.184. The predicted octanol–water partition coefficient (Wildman–Crippen LogP) is 2.74. The van der Waals surface area contributed by atoms with Crippen LogP contribution in [0.5, 0.6) is 0 Å². The molecule has 0 aliphatic carbocycles. The topological polar surface area (TPSA) is 78.0 Å². The highest BCUT2D eigenvalue weighted by Crippen LogP contribution is 2.19. The predicted molar refractivity (Wildman–Crippen MR) is 85.4 cm³/mol. The summed E-state index contributed by atoms with van der Waals surface area (Å²) in [6.07, 6.45) is -0.397. The molecule has 1 heterocycles. The summed E-state index contributed by atoms with van der Waals surface area (Å²) < 4.78 is 26.2. The van der Waals surface area contributed by atoms with Crippen LogP contribution in [0.4, 0.5) is 8.78 Å². The fraction of sp³-hybridized carbons (Fsp3) is 0.412. The lowest BCUT2D eigenvalue weighted by Gasteiger charge is -2.20. The van der Waals surface area contributed by atoms with E-state index in [2.05, 4.69) is 29.4 Å². The molecule has 2 atom stereocenters. The van der Waals surface area contributed by atoms with E-state index in [0.29, 0.717) is 5.92 Å². The summed E-state index contributed by atoms with van der Waals surface area (Å²) in [5.41, 5.74) is 1.25. The number of halogens is 2. The summed E-state index contributed by atoms with van der Waals surface area (Å²) in [6, 6.07) is 4.09. The molecule has 2 unspecified atom stereocenters. The number of aromatic amines is 1. The summed E-state index contributed by atoms with van der Waals surface area (Å²) in [7, 11) is 0. The number of aromatic nitrogens is 2. The second kappa shape index (κ2) is 7.53. The highest BCUT2D eigenvalue weighted by molar-refractivity contribution is 5.92. The third kappa shape index (κ3) is 4.38. The number of H-pyrrole nitrogens is 1. The number of carbonyl (C=O) groups excluding carboxylic acids is 1. The van der Waals surface area contributed by atoms with Crippen molar-refractivity contribution in [3.05, 3.63) is 52.9 Å². The fourth-order valence-corrected chi connectivity index (χ4v) is 2.37. The van der Waals surface area contributed by atoms with E-state index >= 15 is 0 Å². The number of aliphatic hydroxyl groups excluding tert-OH is 1. The van der Waals surface area contributed by atoms with Gasteiger partial charge in [0.15, 0.2) is 11.6 Å². The molecule has 0 bridgehead atoms. The smallest absolute Gasteiger partial charge is 0.272 e. The van der Waals surface area contributed by atoms with Crippen LogP contribution in [0.2, 0.25) is 0 Å². The van der Waals surface area contributed by atoms with E-state index in [1.54, 1.807) is 13.0 Å². The normalized spacial score (nSPS) is 13.8. The third-order valence-electron chi connectivity index (χ3n) is 3.61. The lowest BCUT2D eigenvalue weighted by Crippen LogP contribution is -2.37. The molecule has 0 aliphatic heterocycles. The molecule has 0 fully saturated rings. The number of amides is 1. The van der Waals surface area contributed by atoms with E-state index in [0.717, 1.165) is 24.2 Å². The molecule has 0 saturated carbocycles. The Morgan fingerprint density at radius 3 is 2.58 bits per heavy atom. The van der Waals surface area contributed by atoms with Gasteiger partial charge in [0.2, 0.25) is 0 Å². The van der Waals surface area contributed by atoms with Crippen LogP contribution in [0.1, 0.15) is 48.6 Å². The summed E-state index contributed by atoms with van der Waals surface area (Å²) in [5, 5.41) is 19.6. The molecular weight excluding hydrogens is 316 g/mol. The average Bonchev–Trinajstić information content (AvgIpc) is 2.97. The molecule has 0 saturated heterocycles. The second-order valence-electron chi connectivity index (χ2n) is 6.26. The third-order valence-corrected chi connectivity index (χ3v) is 3.61. The van der Waals surface area contributed by atoms with Crippen molar-refractivity contribution in [3.63, 3.8) is 0 Å². The Labute approximate surface area is 139 Å². The Hall–Kier alpha value is -2.28. The van der Waals surface area contributed by atoms with Crippen LogP contribution < -0.4 is 5.32 Å². The molecular formula is C17H21F2N3O2. The highest BCUT2D eigenvalue weighted by Gasteiger charge is 2.21. The van der Waals surface area contributed by atoms with E-state index in [9.17, 15) is 18.7 Å². The number of rotatable bonds is 6. The van der Waals surface area contributed by atoms with Crippen molar-refractivity contribution in [1.82, 2.24) is 15.5 Å². The van der Waals surface area contributed by atoms with E-state index < -0.39 is 29.7 Å². The molecule has 0 spiro atoms. The van der Waals surface area contributed by atoms with Gasteiger partial charge in [-0.15, -0.1) is 0 Å². The van der Waals surface area contributed by atoms with Crippen LogP contribution in [0.15, 0.2) is 24.3 Å². The van der Waals surface area contributed by atoms with Crippen molar-refractivity contribution in [2.45, 2.75) is 39.3 Å². The number of benzene rings is 1. The molecule has 130 valence electrons. The molecule has 0 aliphatic rings. The SMILES string of the molecule is CC(C)Cc1cc(C(=O)NC(C)C(O)c2ccc(F)c(F)c2)n[nH]1.